The van der Waals surface area contributed by atoms with E-state index in [0.29, 0.717) is 5.76 Å². The predicted molar refractivity (Wildman–Crippen MR) is 83.1 cm³/mol. The summed E-state index contributed by atoms with van der Waals surface area (Å²) >= 11 is 0. The second-order valence-electron chi connectivity index (χ2n) is 4.50. The van der Waals surface area contributed by atoms with Crippen molar-refractivity contribution in [3.8, 4) is 28.7 Å². The van der Waals surface area contributed by atoms with E-state index < -0.39 is 0 Å². The monoisotopic (exact) mass is 274 g/mol. The summed E-state index contributed by atoms with van der Waals surface area (Å²) in [6.45, 7) is 0. The Bertz CT molecular complexity index is 772. The highest BCUT2D eigenvalue weighted by Gasteiger charge is 2.03. The maximum atomic E-state index is 5.24. The van der Waals surface area contributed by atoms with E-state index in [-0.39, 0.29) is 0 Å². The van der Waals surface area contributed by atoms with E-state index in [2.05, 4.69) is 17.9 Å². The van der Waals surface area contributed by atoms with Crippen LogP contribution in [0.25, 0.3) is 11.1 Å². The van der Waals surface area contributed by atoms with Crippen LogP contribution in [-0.4, -0.2) is 7.11 Å². The maximum absolute atomic E-state index is 5.24. The molecule has 0 spiro atoms. The summed E-state index contributed by atoms with van der Waals surface area (Å²) in [7, 11) is 1.66. The molecule has 0 saturated heterocycles. The van der Waals surface area contributed by atoms with E-state index in [4.69, 9.17) is 9.15 Å². The normalized spacial score (nSPS) is 9.76. The minimum Gasteiger partial charge on any atom is -0.497 e. The fraction of sp³-hybridized carbons (Fsp3) is 0.0526. The molecule has 3 aromatic rings. The van der Waals surface area contributed by atoms with Gasteiger partial charge in [0.25, 0.3) is 0 Å². The molecule has 0 fully saturated rings. The van der Waals surface area contributed by atoms with Gasteiger partial charge in [0.2, 0.25) is 0 Å². The Labute approximate surface area is 124 Å². The van der Waals surface area contributed by atoms with Gasteiger partial charge in [-0.25, -0.2) is 0 Å². The first kappa shape index (κ1) is 13.1. The molecule has 1 aromatic heterocycles. The van der Waals surface area contributed by atoms with Crippen molar-refractivity contribution >= 4 is 0 Å². The minimum atomic E-state index is 0.666. The molecule has 0 amide bonds. The highest BCUT2D eigenvalue weighted by Crippen LogP contribution is 2.25. The molecule has 2 heteroatoms. The molecule has 3 rings (SSSR count). The first-order chi connectivity index (χ1) is 10.4. The lowest BCUT2D eigenvalue weighted by atomic mass is 10.00. The van der Waals surface area contributed by atoms with Crippen molar-refractivity contribution < 1.29 is 9.15 Å². The van der Waals surface area contributed by atoms with E-state index in [1.165, 1.54) is 0 Å². The molecular formula is C19H14O2. The topological polar surface area (TPSA) is 22.4 Å². The number of hydrogen-bond acceptors (Lipinski definition) is 2. The summed E-state index contributed by atoms with van der Waals surface area (Å²) in [5.74, 6) is 7.71. The second kappa shape index (κ2) is 6.02. The van der Waals surface area contributed by atoms with Crippen molar-refractivity contribution in [1.82, 2.24) is 0 Å². The Morgan fingerprint density at radius 3 is 2.38 bits per heavy atom. The molecule has 1 heterocycles. The van der Waals surface area contributed by atoms with Gasteiger partial charge in [0.1, 0.15) is 5.75 Å². The third-order valence-electron chi connectivity index (χ3n) is 3.17. The quantitative estimate of drug-likeness (QED) is 0.648. The maximum Gasteiger partial charge on any atom is 0.176 e. The van der Waals surface area contributed by atoms with Crippen molar-refractivity contribution in [3.05, 3.63) is 78.3 Å². The average molecular weight is 274 g/mol. The van der Waals surface area contributed by atoms with Gasteiger partial charge in [0.05, 0.1) is 13.4 Å². The highest BCUT2D eigenvalue weighted by atomic mass is 16.5. The molecule has 21 heavy (non-hydrogen) atoms. The van der Waals surface area contributed by atoms with Crippen LogP contribution in [0.15, 0.2) is 71.3 Å². The van der Waals surface area contributed by atoms with E-state index in [0.717, 1.165) is 22.4 Å². The van der Waals surface area contributed by atoms with Crippen molar-refractivity contribution in [2.45, 2.75) is 0 Å². The van der Waals surface area contributed by atoms with Gasteiger partial charge < -0.3 is 9.15 Å². The predicted octanol–water partition coefficient (Wildman–Crippen LogP) is 4.36. The standard InChI is InChI=1S/C19H14O2/c1-20-17-11-8-16(9-12-17)19-7-3-2-5-15(19)10-13-18-6-4-14-21-18/h2-9,11-12,14H,1H3. The van der Waals surface area contributed by atoms with Crippen LogP contribution in [0.3, 0.4) is 0 Å². The van der Waals surface area contributed by atoms with Gasteiger partial charge in [0, 0.05) is 5.56 Å². The summed E-state index contributed by atoms with van der Waals surface area (Å²) < 4.78 is 10.4. The summed E-state index contributed by atoms with van der Waals surface area (Å²) in [6, 6.07) is 19.7. The van der Waals surface area contributed by atoms with Crippen molar-refractivity contribution in [2.75, 3.05) is 7.11 Å². The summed E-state index contributed by atoms with van der Waals surface area (Å²) in [5.41, 5.74) is 3.18. The lowest BCUT2D eigenvalue weighted by molar-refractivity contribution is 0.415. The van der Waals surface area contributed by atoms with Crippen LogP contribution in [0.5, 0.6) is 5.75 Å². The van der Waals surface area contributed by atoms with Crippen molar-refractivity contribution in [1.29, 1.82) is 0 Å². The van der Waals surface area contributed by atoms with Crippen LogP contribution in [0.4, 0.5) is 0 Å². The summed E-state index contributed by atoms with van der Waals surface area (Å²) in [6.07, 6.45) is 1.62. The van der Waals surface area contributed by atoms with Crippen LogP contribution in [0, 0.1) is 11.8 Å². The minimum absolute atomic E-state index is 0.666. The molecule has 0 saturated carbocycles. The molecule has 0 aliphatic carbocycles. The van der Waals surface area contributed by atoms with Crippen molar-refractivity contribution in [3.63, 3.8) is 0 Å². The Balaban J connectivity index is 1.99. The molecule has 0 unspecified atom stereocenters. The largest absolute Gasteiger partial charge is 0.497 e. The Hall–Kier alpha value is -2.92. The number of ether oxygens (including phenoxy) is 1. The first-order valence-corrected chi connectivity index (χ1v) is 6.66. The first-order valence-electron chi connectivity index (χ1n) is 6.66. The molecule has 0 aliphatic heterocycles. The van der Waals surface area contributed by atoms with E-state index in [9.17, 15) is 0 Å². The van der Waals surface area contributed by atoms with Gasteiger partial charge >= 0.3 is 0 Å². The second-order valence-corrected chi connectivity index (χ2v) is 4.50. The fourth-order valence-electron chi connectivity index (χ4n) is 2.09. The molecule has 2 aromatic carbocycles. The smallest absolute Gasteiger partial charge is 0.176 e. The number of rotatable bonds is 2. The van der Waals surface area contributed by atoms with Crippen LogP contribution in [0.1, 0.15) is 11.3 Å². The Kier molecular flexibility index (Phi) is 3.75. The van der Waals surface area contributed by atoms with Gasteiger partial charge in [-0.15, -0.1) is 0 Å². The summed E-state index contributed by atoms with van der Waals surface area (Å²) in [5, 5.41) is 0. The molecule has 2 nitrogen and oxygen atoms in total. The van der Waals surface area contributed by atoms with E-state index >= 15 is 0 Å². The molecule has 0 N–H and O–H groups in total. The van der Waals surface area contributed by atoms with Gasteiger partial charge in [-0.3, -0.25) is 0 Å². The molecule has 102 valence electrons. The number of methoxy groups -OCH3 is 1. The molecule has 0 aliphatic rings. The highest BCUT2D eigenvalue weighted by molar-refractivity contribution is 5.71. The Morgan fingerprint density at radius 2 is 1.67 bits per heavy atom. The zero-order chi connectivity index (χ0) is 14.5. The van der Waals surface area contributed by atoms with Gasteiger partial charge in [-0.05, 0) is 47.4 Å². The van der Waals surface area contributed by atoms with Crippen LogP contribution in [-0.2, 0) is 0 Å². The number of furan rings is 1. The van der Waals surface area contributed by atoms with Gasteiger partial charge in [0.15, 0.2) is 5.76 Å². The third-order valence-corrected chi connectivity index (χ3v) is 3.17. The zero-order valence-corrected chi connectivity index (χ0v) is 11.7. The van der Waals surface area contributed by atoms with Crippen molar-refractivity contribution in [2.24, 2.45) is 0 Å². The van der Waals surface area contributed by atoms with Gasteiger partial charge in [-0.2, -0.15) is 0 Å². The summed E-state index contributed by atoms with van der Waals surface area (Å²) in [4.78, 5) is 0. The fourth-order valence-corrected chi connectivity index (χ4v) is 2.09. The molecular weight excluding hydrogens is 260 g/mol. The molecule has 0 atom stereocenters. The van der Waals surface area contributed by atoms with Crippen LogP contribution in [0.2, 0.25) is 0 Å². The lowest BCUT2D eigenvalue weighted by Gasteiger charge is -2.06. The van der Waals surface area contributed by atoms with Crippen LogP contribution < -0.4 is 4.74 Å². The number of benzene rings is 2. The molecule has 0 radical (unpaired) electrons. The van der Waals surface area contributed by atoms with E-state index in [1.807, 2.05) is 54.6 Å². The number of hydrogen-bond donors (Lipinski definition) is 0. The lowest BCUT2D eigenvalue weighted by Crippen LogP contribution is -1.86. The molecule has 0 bridgehead atoms. The third kappa shape index (κ3) is 2.98. The SMILES string of the molecule is COc1ccc(-c2ccccc2C#Cc2ccco2)cc1. The van der Waals surface area contributed by atoms with Gasteiger partial charge in [-0.1, -0.05) is 36.3 Å². The average Bonchev–Trinajstić information content (AvgIpc) is 3.07. The van der Waals surface area contributed by atoms with Crippen LogP contribution >= 0.6 is 0 Å². The van der Waals surface area contributed by atoms with E-state index in [1.54, 1.807) is 13.4 Å². The zero-order valence-electron chi connectivity index (χ0n) is 11.7. The Morgan fingerprint density at radius 1 is 0.857 bits per heavy atom.